The van der Waals surface area contributed by atoms with Crippen LogP contribution < -0.4 is 0 Å². The van der Waals surface area contributed by atoms with Crippen LogP contribution in [0.1, 0.15) is 41.0 Å². The summed E-state index contributed by atoms with van der Waals surface area (Å²) in [5.41, 5.74) is -0.564. The number of ether oxygens (including phenoxy) is 1. The van der Waals surface area contributed by atoms with Crippen LogP contribution >= 0.6 is 0 Å². The third-order valence-corrected chi connectivity index (χ3v) is 2.42. The summed E-state index contributed by atoms with van der Waals surface area (Å²) in [4.78, 5) is 13.7. The Morgan fingerprint density at radius 2 is 1.93 bits per heavy atom. The smallest absolute Gasteiger partial charge is 0.411 e. The fourth-order valence-corrected chi connectivity index (χ4v) is 1.55. The van der Waals surface area contributed by atoms with Crippen LogP contribution in [-0.2, 0) is 4.74 Å². The van der Waals surface area contributed by atoms with Crippen LogP contribution in [0, 0.1) is 0 Å². The van der Waals surface area contributed by atoms with Crippen LogP contribution in [0.3, 0.4) is 0 Å². The second-order valence-corrected chi connectivity index (χ2v) is 5.58. The van der Waals surface area contributed by atoms with E-state index < -0.39 is 5.60 Å². The minimum Gasteiger partial charge on any atom is -0.444 e. The third-order valence-electron chi connectivity index (χ3n) is 2.42. The van der Waals surface area contributed by atoms with Crippen LogP contribution in [0.15, 0.2) is 12.2 Å². The average molecular weight is 211 g/mol. The Labute approximate surface area is 92.1 Å². The maximum atomic E-state index is 11.9. The monoisotopic (exact) mass is 211 g/mol. The number of nitrogens with zero attached hydrogens (tertiary/aromatic N) is 1. The van der Waals surface area contributed by atoms with Crippen molar-refractivity contribution in [3.63, 3.8) is 0 Å². The van der Waals surface area contributed by atoms with Crippen molar-refractivity contribution >= 4 is 6.09 Å². The van der Waals surface area contributed by atoms with Crippen molar-refractivity contribution in [1.29, 1.82) is 0 Å². The quantitative estimate of drug-likeness (QED) is 0.576. The number of carbonyl (C=O) groups is 1. The normalized spacial score (nSPS) is 20.2. The number of amides is 1. The van der Waals surface area contributed by atoms with Gasteiger partial charge in [-0.3, -0.25) is 4.90 Å². The van der Waals surface area contributed by atoms with Crippen LogP contribution in [0.4, 0.5) is 4.79 Å². The lowest BCUT2D eigenvalue weighted by Gasteiger charge is -2.40. The van der Waals surface area contributed by atoms with Gasteiger partial charge in [0.25, 0.3) is 0 Å². The van der Waals surface area contributed by atoms with Crippen molar-refractivity contribution in [3.05, 3.63) is 12.2 Å². The van der Waals surface area contributed by atoms with Gasteiger partial charge in [0.05, 0.1) is 0 Å². The van der Waals surface area contributed by atoms with Crippen molar-refractivity contribution in [2.75, 3.05) is 6.54 Å². The lowest BCUT2D eigenvalue weighted by molar-refractivity contribution is 0.00552. The first-order valence-electron chi connectivity index (χ1n) is 5.38. The molecule has 0 atom stereocenters. The predicted molar refractivity (Wildman–Crippen MR) is 60.8 cm³/mol. The molecule has 0 radical (unpaired) electrons. The van der Waals surface area contributed by atoms with Crippen molar-refractivity contribution < 1.29 is 9.53 Å². The molecule has 1 aliphatic rings. The zero-order valence-electron chi connectivity index (χ0n) is 10.3. The van der Waals surface area contributed by atoms with E-state index in [4.69, 9.17) is 4.74 Å². The molecule has 1 aliphatic heterocycles. The maximum absolute atomic E-state index is 11.9. The summed E-state index contributed by atoms with van der Waals surface area (Å²) in [7, 11) is 0. The van der Waals surface area contributed by atoms with Gasteiger partial charge in [-0.1, -0.05) is 12.2 Å². The molecule has 0 bridgehead atoms. The Balaban J connectivity index is 2.71. The van der Waals surface area contributed by atoms with Crippen LogP contribution in [0.5, 0.6) is 0 Å². The minimum atomic E-state index is -0.422. The number of hydrogen-bond donors (Lipinski definition) is 0. The largest absolute Gasteiger partial charge is 0.444 e. The molecular weight excluding hydrogens is 190 g/mol. The molecule has 3 heteroatoms. The fourth-order valence-electron chi connectivity index (χ4n) is 1.55. The molecule has 15 heavy (non-hydrogen) atoms. The summed E-state index contributed by atoms with van der Waals surface area (Å²) in [6, 6.07) is 0. The molecule has 0 unspecified atom stereocenters. The number of rotatable bonds is 0. The van der Waals surface area contributed by atoms with E-state index in [1.165, 1.54) is 0 Å². The third kappa shape index (κ3) is 3.26. The van der Waals surface area contributed by atoms with E-state index in [1.54, 1.807) is 4.90 Å². The van der Waals surface area contributed by atoms with Gasteiger partial charge < -0.3 is 4.74 Å². The SMILES string of the molecule is CC(C)(C)OC(=O)N1CC=CCC1(C)C. The molecule has 0 aromatic heterocycles. The van der Waals surface area contributed by atoms with E-state index in [0.717, 1.165) is 6.42 Å². The van der Waals surface area contributed by atoms with E-state index >= 15 is 0 Å². The molecule has 0 saturated carbocycles. The highest BCUT2D eigenvalue weighted by Crippen LogP contribution is 2.25. The summed E-state index contributed by atoms with van der Waals surface area (Å²) in [5.74, 6) is 0. The molecule has 3 nitrogen and oxygen atoms in total. The van der Waals surface area contributed by atoms with E-state index in [1.807, 2.05) is 26.8 Å². The van der Waals surface area contributed by atoms with Gasteiger partial charge in [0.1, 0.15) is 5.60 Å². The van der Waals surface area contributed by atoms with Gasteiger partial charge in [0.2, 0.25) is 0 Å². The molecule has 1 heterocycles. The van der Waals surface area contributed by atoms with Gasteiger partial charge in [-0.25, -0.2) is 4.79 Å². The molecular formula is C12H21NO2. The molecule has 86 valence electrons. The molecule has 0 aromatic rings. The molecule has 0 aliphatic carbocycles. The Hall–Kier alpha value is -0.990. The first kappa shape index (κ1) is 12.1. The summed E-state index contributed by atoms with van der Waals surface area (Å²) >= 11 is 0. The van der Waals surface area contributed by atoms with Crippen molar-refractivity contribution in [2.45, 2.75) is 52.2 Å². The van der Waals surface area contributed by atoms with Gasteiger partial charge in [-0.15, -0.1) is 0 Å². The molecule has 1 rings (SSSR count). The van der Waals surface area contributed by atoms with E-state index in [2.05, 4.69) is 19.9 Å². The maximum Gasteiger partial charge on any atom is 0.411 e. The second-order valence-electron chi connectivity index (χ2n) is 5.58. The van der Waals surface area contributed by atoms with E-state index in [-0.39, 0.29) is 11.6 Å². The highest BCUT2D eigenvalue weighted by molar-refractivity contribution is 5.69. The Bertz CT molecular complexity index is 274. The molecule has 0 spiro atoms. The zero-order chi connectivity index (χ0) is 11.7. The topological polar surface area (TPSA) is 29.5 Å². The van der Waals surface area contributed by atoms with Gasteiger partial charge >= 0.3 is 6.09 Å². The zero-order valence-corrected chi connectivity index (χ0v) is 10.3. The fraction of sp³-hybridized carbons (Fsp3) is 0.750. The van der Waals surface area contributed by atoms with Gasteiger partial charge in [-0.2, -0.15) is 0 Å². The molecule has 0 fully saturated rings. The summed E-state index contributed by atoms with van der Waals surface area (Å²) in [6.45, 7) is 10.4. The van der Waals surface area contributed by atoms with Gasteiger partial charge in [-0.05, 0) is 41.0 Å². The van der Waals surface area contributed by atoms with E-state index in [0.29, 0.717) is 6.54 Å². The lowest BCUT2D eigenvalue weighted by Crippen LogP contribution is -2.50. The predicted octanol–water partition coefficient (Wildman–Crippen LogP) is 2.96. The summed E-state index contributed by atoms with van der Waals surface area (Å²) in [5, 5.41) is 0. The standard InChI is InChI=1S/C12H21NO2/c1-11(2,3)15-10(14)13-9-7-6-8-12(13,4)5/h6-7H,8-9H2,1-5H3. The average Bonchev–Trinajstić information content (AvgIpc) is 1.99. The number of hydrogen-bond acceptors (Lipinski definition) is 2. The van der Waals surface area contributed by atoms with Crippen molar-refractivity contribution in [2.24, 2.45) is 0 Å². The van der Waals surface area contributed by atoms with Gasteiger partial charge in [0, 0.05) is 12.1 Å². The van der Waals surface area contributed by atoms with Crippen LogP contribution in [-0.4, -0.2) is 28.7 Å². The summed E-state index contributed by atoms with van der Waals surface area (Å²) < 4.78 is 5.37. The molecule has 0 N–H and O–H groups in total. The highest BCUT2D eigenvalue weighted by atomic mass is 16.6. The highest BCUT2D eigenvalue weighted by Gasteiger charge is 2.33. The van der Waals surface area contributed by atoms with E-state index in [9.17, 15) is 4.79 Å². The van der Waals surface area contributed by atoms with Crippen LogP contribution in [0.2, 0.25) is 0 Å². The summed E-state index contributed by atoms with van der Waals surface area (Å²) in [6.07, 6.45) is 4.78. The Kier molecular flexibility index (Phi) is 3.12. The first-order chi connectivity index (χ1) is 6.72. The van der Waals surface area contributed by atoms with Crippen molar-refractivity contribution in [1.82, 2.24) is 4.90 Å². The molecule has 0 saturated heterocycles. The van der Waals surface area contributed by atoms with Crippen LogP contribution in [0.25, 0.3) is 0 Å². The first-order valence-corrected chi connectivity index (χ1v) is 5.38. The van der Waals surface area contributed by atoms with Crippen molar-refractivity contribution in [3.8, 4) is 0 Å². The molecule has 0 aromatic carbocycles. The second kappa shape index (κ2) is 3.87. The number of carbonyl (C=O) groups excluding carboxylic acids is 1. The Morgan fingerprint density at radius 3 is 2.40 bits per heavy atom. The van der Waals surface area contributed by atoms with Gasteiger partial charge in [0.15, 0.2) is 0 Å². The Morgan fingerprint density at radius 1 is 1.33 bits per heavy atom. The minimum absolute atomic E-state index is 0.142. The lowest BCUT2D eigenvalue weighted by atomic mass is 9.95. The molecule has 1 amide bonds.